The van der Waals surface area contributed by atoms with Crippen molar-refractivity contribution in [2.24, 2.45) is 0 Å². The van der Waals surface area contributed by atoms with E-state index in [-0.39, 0.29) is 12.6 Å². The number of aromatic nitrogens is 2. The van der Waals surface area contributed by atoms with Crippen molar-refractivity contribution < 1.29 is 13.2 Å². The number of nitrogens with zero attached hydrogens (tertiary/aromatic N) is 2. The van der Waals surface area contributed by atoms with Crippen LogP contribution >= 0.6 is 0 Å². The summed E-state index contributed by atoms with van der Waals surface area (Å²) in [5.41, 5.74) is 0. The van der Waals surface area contributed by atoms with Crippen molar-refractivity contribution in [2.75, 3.05) is 24.7 Å². The van der Waals surface area contributed by atoms with E-state index in [9.17, 15) is 8.42 Å². The molecule has 2 N–H and O–H groups in total. The maximum absolute atomic E-state index is 10.8. The molecule has 1 rings (SSSR count). The fourth-order valence-corrected chi connectivity index (χ4v) is 1.62. The molecule has 0 saturated carbocycles. The Morgan fingerprint density at radius 3 is 2.72 bits per heavy atom. The van der Waals surface area contributed by atoms with E-state index in [1.807, 2.05) is 13.8 Å². The molecule has 0 aliphatic carbocycles. The molecular formula is C10H18N4O3S. The van der Waals surface area contributed by atoms with E-state index >= 15 is 0 Å². The summed E-state index contributed by atoms with van der Waals surface area (Å²) in [4.78, 5) is 8.13. The number of rotatable bonds is 7. The van der Waals surface area contributed by atoms with E-state index in [2.05, 4.69) is 20.0 Å². The average molecular weight is 274 g/mol. The molecule has 1 aromatic heterocycles. The molecule has 0 saturated heterocycles. The number of hydrogen-bond acceptors (Lipinski definition) is 6. The van der Waals surface area contributed by atoms with Gasteiger partial charge in [0, 0.05) is 25.4 Å². The zero-order valence-corrected chi connectivity index (χ0v) is 11.5. The average Bonchev–Trinajstić information content (AvgIpc) is 2.23. The molecule has 0 fully saturated rings. The molecule has 0 aromatic carbocycles. The smallest absolute Gasteiger partial charge is 0.225 e. The maximum atomic E-state index is 10.8. The Labute approximate surface area is 107 Å². The van der Waals surface area contributed by atoms with E-state index < -0.39 is 10.0 Å². The molecule has 0 radical (unpaired) electrons. The van der Waals surface area contributed by atoms with Crippen molar-refractivity contribution in [1.82, 2.24) is 14.7 Å². The first kappa shape index (κ1) is 14.7. The maximum Gasteiger partial charge on any atom is 0.225 e. The number of sulfonamides is 1. The molecule has 18 heavy (non-hydrogen) atoms. The third kappa shape index (κ3) is 6.36. The van der Waals surface area contributed by atoms with Gasteiger partial charge in [0.05, 0.1) is 12.4 Å². The number of nitrogens with one attached hydrogen (secondary N) is 2. The van der Waals surface area contributed by atoms with Gasteiger partial charge < -0.3 is 10.1 Å². The van der Waals surface area contributed by atoms with Crippen LogP contribution in [-0.4, -0.2) is 43.8 Å². The predicted molar refractivity (Wildman–Crippen MR) is 69.1 cm³/mol. The van der Waals surface area contributed by atoms with Crippen molar-refractivity contribution in [3.63, 3.8) is 0 Å². The SMILES string of the molecule is CC(C)Oc1ccnc(NCCNS(C)(=O)=O)n1. The monoisotopic (exact) mass is 274 g/mol. The van der Waals surface area contributed by atoms with E-state index in [0.29, 0.717) is 18.4 Å². The molecule has 0 amide bonds. The van der Waals surface area contributed by atoms with E-state index in [1.165, 1.54) is 0 Å². The summed E-state index contributed by atoms with van der Waals surface area (Å²) < 4.78 is 29.4. The lowest BCUT2D eigenvalue weighted by Crippen LogP contribution is -2.28. The van der Waals surface area contributed by atoms with Gasteiger partial charge in [0.25, 0.3) is 0 Å². The zero-order chi connectivity index (χ0) is 13.6. The van der Waals surface area contributed by atoms with Crippen LogP contribution in [0.25, 0.3) is 0 Å². The molecule has 0 aliphatic heterocycles. The summed E-state index contributed by atoms with van der Waals surface area (Å²) in [6, 6.07) is 1.67. The Kier molecular flexibility index (Phi) is 5.29. The lowest BCUT2D eigenvalue weighted by molar-refractivity contribution is 0.232. The van der Waals surface area contributed by atoms with Gasteiger partial charge in [-0.25, -0.2) is 18.1 Å². The fraction of sp³-hybridized carbons (Fsp3) is 0.600. The minimum absolute atomic E-state index is 0.0413. The van der Waals surface area contributed by atoms with Crippen LogP contribution in [0, 0.1) is 0 Å². The van der Waals surface area contributed by atoms with Gasteiger partial charge in [0.15, 0.2) is 0 Å². The van der Waals surface area contributed by atoms with Gasteiger partial charge in [0.1, 0.15) is 0 Å². The van der Waals surface area contributed by atoms with Gasteiger partial charge in [0.2, 0.25) is 21.9 Å². The van der Waals surface area contributed by atoms with Crippen LogP contribution in [0.2, 0.25) is 0 Å². The fourth-order valence-electron chi connectivity index (χ4n) is 1.15. The Hall–Kier alpha value is -1.41. The van der Waals surface area contributed by atoms with Crippen LogP contribution in [-0.2, 0) is 10.0 Å². The lowest BCUT2D eigenvalue weighted by atomic mass is 10.5. The van der Waals surface area contributed by atoms with Gasteiger partial charge in [-0.2, -0.15) is 4.98 Å². The van der Waals surface area contributed by atoms with Crippen LogP contribution in [0.5, 0.6) is 5.88 Å². The first-order valence-electron chi connectivity index (χ1n) is 5.55. The molecule has 7 nitrogen and oxygen atoms in total. The largest absolute Gasteiger partial charge is 0.475 e. The standard InChI is InChI=1S/C10H18N4O3S/c1-8(2)17-9-4-5-11-10(14-9)12-6-7-13-18(3,15)16/h4-5,8,13H,6-7H2,1-3H3,(H,11,12,14). The van der Waals surface area contributed by atoms with Gasteiger partial charge in [-0.1, -0.05) is 0 Å². The minimum atomic E-state index is -3.16. The molecule has 0 spiro atoms. The number of hydrogen-bond donors (Lipinski definition) is 2. The second-order valence-corrected chi connectivity index (χ2v) is 5.81. The summed E-state index contributed by atoms with van der Waals surface area (Å²) in [5.74, 6) is 0.891. The van der Waals surface area contributed by atoms with Crippen LogP contribution < -0.4 is 14.8 Å². The molecule has 1 aromatic rings. The van der Waals surface area contributed by atoms with Gasteiger partial charge >= 0.3 is 0 Å². The van der Waals surface area contributed by atoms with Crippen LogP contribution in [0.1, 0.15) is 13.8 Å². The highest BCUT2D eigenvalue weighted by Gasteiger charge is 2.03. The summed E-state index contributed by atoms with van der Waals surface area (Å²) >= 11 is 0. The van der Waals surface area contributed by atoms with Crippen molar-refractivity contribution >= 4 is 16.0 Å². The van der Waals surface area contributed by atoms with Crippen LogP contribution in [0.3, 0.4) is 0 Å². The van der Waals surface area contributed by atoms with Crippen molar-refractivity contribution in [2.45, 2.75) is 20.0 Å². The van der Waals surface area contributed by atoms with Gasteiger partial charge in [-0.15, -0.1) is 0 Å². The molecule has 0 unspecified atom stereocenters. The molecular weight excluding hydrogens is 256 g/mol. The summed E-state index contributed by atoms with van der Waals surface area (Å²) in [6.45, 7) is 4.49. The second kappa shape index (κ2) is 6.50. The van der Waals surface area contributed by atoms with E-state index in [0.717, 1.165) is 6.26 Å². The normalized spacial score (nSPS) is 11.6. The highest BCUT2D eigenvalue weighted by Crippen LogP contribution is 2.09. The highest BCUT2D eigenvalue weighted by atomic mass is 32.2. The molecule has 0 bridgehead atoms. The van der Waals surface area contributed by atoms with Crippen molar-refractivity contribution in [1.29, 1.82) is 0 Å². The molecule has 0 atom stereocenters. The Bertz CT molecular complexity index is 476. The quantitative estimate of drug-likeness (QED) is 0.691. The molecule has 1 heterocycles. The number of ether oxygens (including phenoxy) is 1. The Balaban J connectivity index is 2.43. The molecule has 8 heteroatoms. The topological polar surface area (TPSA) is 93.2 Å². The van der Waals surface area contributed by atoms with Crippen LogP contribution in [0.4, 0.5) is 5.95 Å². The minimum Gasteiger partial charge on any atom is -0.475 e. The summed E-state index contributed by atoms with van der Waals surface area (Å²) in [5, 5.41) is 2.90. The third-order valence-corrected chi connectivity index (χ3v) is 2.49. The first-order valence-corrected chi connectivity index (χ1v) is 7.44. The summed E-state index contributed by atoms with van der Waals surface area (Å²) in [7, 11) is -3.16. The van der Waals surface area contributed by atoms with Crippen molar-refractivity contribution in [3.05, 3.63) is 12.3 Å². The zero-order valence-electron chi connectivity index (χ0n) is 10.7. The van der Waals surface area contributed by atoms with E-state index in [1.54, 1.807) is 12.3 Å². The molecule has 0 aliphatic rings. The van der Waals surface area contributed by atoms with Crippen LogP contribution in [0.15, 0.2) is 12.3 Å². The number of anilines is 1. The highest BCUT2D eigenvalue weighted by molar-refractivity contribution is 7.88. The summed E-state index contributed by atoms with van der Waals surface area (Å²) in [6.07, 6.45) is 2.73. The Morgan fingerprint density at radius 1 is 1.39 bits per heavy atom. The van der Waals surface area contributed by atoms with Gasteiger partial charge in [-0.3, -0.25) is 0 Å². The predicted octanol–water partition coefficient (Wildman–Crippen LogP) is 0.225. The van der Waals surface area contributed by atoms with E-state index in [4.69, 9.17) is 4.74 Å². The molecule has 102 valence electrons. The van der Waals surface area contributed by atoms with Crippen molar-refractivity contribution in [3.8, 4) is 5.88 Å². The third-order valence-electron chi connectivity index (χ3n) is 1.76. The second-order valence-electron chi connectivity index (χ2n) is 3.98. The lowest BCUT2D eigenvalue weighted by Gasteiger charge is -2.10. The Morgan fingerprint density at radius 2 is 2.11 bits per heavy atom. The van der Waals surface area contributed by atoms with Gasteiger partial charge in [-0.05, 0) is 13.8 Å². The first-order chi connectivity index (χ1) is 8.37.